The number of carbonyl (C=O) groups is 1. The third-order valence-corrected chi connectivity index (χ3v) is 2.59. The van der Waals surface area contributed by atoms with Crippen molar-refractivity contribution >= 4 is 6.03 Å². The van der Waals surface area contributed by atoms with Crippen molar-refractivity contribution in [3.05, 3.63) is 0 Å². The van der Waals surface area contributed by atoms with Crippen LogP contribution in [0.3, 0.4) is 0 Å². The van der Waals surface area contributed by atoms with E-state index >= 15 is 0 Å². The van der Waals surface area contributed by atoms with Gasteiger partial charge in [0.2, 0.25) is 0 Å². The highest BCUT2D eigenvalue weighted by Gasteiger charge is 2.31. The zero-order valence-electron chi connectivity index (χ0n) is 11.1. The van der Waals surface area contributed by atoms with E-state index in [0.29, 0.717) is 0 Å². The summed E-state index contributed by atoms with van der Waals surface area (Å²) < 4.78 is 35.5. The number of aliphatic hydroxyl groups excluding tert-OH is 1. The Morgan fingerprint density at radius 2 is 1.61 bits per heavy atom. The number of aliphatic hydroxyl groups is 1. The van der Waals surface area contributed by atoms with Crippen LogP contribution in [0.2, 0.25) is 0 Å². The van der Waals surface area contributed by atoms with Crippen molar-refractivity contribution in [2.45, 2.75) is 40.0 Å². The largest absolute Gasteiger partial charge is 0.405 e. The van der Waals surface area contributed by atoms with Crippen LogP contribution in [-0.4, -0.2) is 36.5 Å². The molecule has 18 heavy (non-hydrogen) atoms. The second-order valence-electron chi connectivity index (χ2n) is 5.33. The van der Waals surface area contributed by atoms with Crippen LogP contribution < -0.4 is 10.6 Å². The summed E-state index contributed by atoms with van der Waals surface area (Å²) in [5.41, 5.74) is -0.607. The third-order valence-electron chi connectivity index (χ3n) is 2.59. The van der Waals surface area contributed by atoms with Gasteiger partial charge in [-0.25, -0.2) is 4.79 Å². The van der Waals surface area contributed by atoms with Gasteiger partial charge in [0.25, 0.3) is 0 Å². The normalized spacial score (nSPS) is 14.5. The smallest absolute Gasteiger partial charge is 0.392 e. The average molecular weight is 270 g/mol. The molecule has 0 aromatic heterocycles. The van der Waals surface area contributed by atoms with Crippen LogP contribution in [0.15, 0.2) is 0 Å². The maximum atomic E-state index is 11.8. The van der Waals surface area contributed by atoms with Crippen LogP contribution in [0, 0.1) is 11.3 Å². The molecule has 0 aliphatic heterocycles. The minimum Gasteiger partial charge on any atom is -0.392 e. The molecular weight excluding hydrogens is 249 g/mol. The zero-order chi connectivity index (χ0) is 14.6. The summed E-state index contributed by atoms with van der Waals surface area (Å²) >= 11 is 0. The summed E-state index contributed by atoms with van der Waals surface area (Å²) in [5.74, 6) is 0.0000337. The Hall–Kier alpha value is -0.980. The molecule has 0 aliphatic carbocycles. The monoisotopic (exact) mass is 270 g/mol. The summed E-state index contributed by atoms with van der Waals surface area (Å²) in [7, 11) is 0. The molecule has 0 bridgehead atoms. The Bertz CT molecular complexity index is 278. The second-order valence-corrected chi connectivity index (χ2v) is 5.33. The number of carbonyl (C=O) groups excluding carboxylic acids is 1. The van der Waals surface area contributed by atoms with Crippen molar-refractivity contribution in [2.75, 3.05) is 13.1 Å². The van der Waals surface area contributed by atoms with Crippen LogP contribution >= 0.6 is 0 Å². The minimum atomic E-state index is -4.43. The fourth-order valence-corrected chi connectivity index (χ4v) is 1.56. The summed E-state index contributed by atoms with van der Waals surface area (Å²) in [6.07, 6.45) is -5.08. The van der Waals surface area contributed by atoms with Gasteiger partial charge >= 0.3 is 12.2 Å². The predicted molar refractivity (Wildman–Crippen MR) is 62.1 cm³/mol. The van der Waals surface area contributed by atoms with Crippen molar-refractivity contribution in [1.29, 1.82) is 0 Å². The number of urea groups is 1. The lowest BCUT2D eigenvalue weighted by Gasteiger charge is -2.33. The van der Waals surface area contributed by atoms with E-state index in [-0.39, 0.29) is 12.5 Å². The van der Waals surface area contributed by atoms with Crippen LogP contribution in [-0.2, 0) is 0 Å². The molecule has 0 rings (SSSR count). The average Bonchev–Trinajstić information content (AvgIpc) is 2.21. The van der Waals surface area contributed by atoms with E-state index in [1.54, 1.807) is 19.2 Å². The fraction of sp³-hybridized carbons (Fsp3) is 0.909. The molecule has 4 nitrogen and oxygen atoms in total. The Morgan fingerprint density at radius 1 is 1.17 bits per heavy atom. The molecule has 0 spiro atoms. The van der Waals surface area contributed by atoms with Gasteiger partial charge < -0.3 is 15.7 Å². The van der Waals surface area contributed by atoms with Gasteiger partial charge in [-0.1, -0.05) is 27.7 Å². The van der Waals surface area contributed by atoms with Gasteiger partial charge in [0.1, 0.15) is 6.54 Å². The van der Waals surface area contributed by atoms with Crippen LogP contribution in [0.4, 0.5) is 18.0 Å². The molecule has 0 aliphatic rings. The van der Waals surface area contributed by atoms with Crippen molar-refractivity contribution < 1.29 is 23.1 Å². The van der Waals surface area contributed by atoms with E-state index in [9.17, 15) is 23.1 Å². The van der Waals surface area contributed by atoms with Crippen LogP contribution in [0.25, 0.3) is 0 Å². The molecule has 0 heterocycles. The Labute approximate surface area is 105 Å². The standard InChI is InChI=1S/C11H21F3N2O2/c1-7(2)8(17)10(3,4)5-15-9(18)16-6-11(12,13)14/h7-8,17H,5-6H2,1-4H3,(H2,15,16,18). The molecule has 108 valence electrons. The SMILES string of the molecule is CC(C)C(O)C(C)(C)CNC(=O)NCC(F)(F)F. The molecule has 7 heteroatoms. The molecule has 0 saturated heterocycles. The van der Waals surface area contributed by atoms with Gasteiger partial charge in [0.15, 0.2) is 0 Å². The van der Waals surface area contributed by atoms with Crippen LogP contribution in [0.1, 0.15) is 27.7 Å². The first-order valence-electron chi connectivity index (χ1n) is 5.72. The van der Waals surface area contributed by atoms with Gasteiger partial charge in [0.05, 0.1) is 6.10 Å². The number of nitrogens with one attached hydrogen (secondary N) is 2. The van der Waals surface area contributed by atoms with Gasteiger partial charge in [-0.15, -0.1) is 0 Å². The molecule has 0 aromatic rings. The van der Waals surface area contributed by atoms with E-state index in [0.717, 1.165) is 0 Å². The van der Waals surface area contributed by atoms with E-state index in [1.165, 1.54) is 0 Å². The first kappa shape index (κ1) is 17.0. The first-order chi connectivity index (χ1) is 7.96. The molecule has 0 radical (unpaired) electrons. The highest BCUT2D eigenvalue weighted by molar-refractivity contribution is 5.73. The predicted octanol–water partition coefficient (Wildman–Crippen LogP) is 1.89. The summed E-state index contributed by atoms with van der Waals surface area (Å²) in [4.78, 5) is 11.1. The minimum absolute atomic E-state index is 0.0000337. The second kappa shape index (κ2) is 6.26. The highest BCUT2D eigenvalue weighted by atomic mass is 19.4. The van der Waals surface area contributed by atoms with Gasteiger partial charge in [-0.3, -0.25) is 0 Å². The van der Waals surface area contributed by atoms with Crippen molar-refractivity contribution in [3.63, 3.8) is 0 Å². The Balaban J connectivity index is 4.12. The molecule has 1 unspecified atom stereocenters. The van der Waals surface area contributed by atoms with E-state index in [4.69, 9.17) is 0 Å². The maximum absolute atomic E-state index is 11.8. The van der Waals surface area contributed by atoms with E-state index < -0.39 is 30.3 Å². The fourth-order valence-electron chi connectivity index (χ4n) is 1.56. The Morgan fingerprint density at radius 3 is 2.00 bits per heavy atom. The summed E-state index contributed by atoms with van der Waals surface area (Å²) in [6, 6.07) is -0.892. The van der Waals surface area contributed by atoms with E-state index in [1.807, 2.05) is 13.8 Å². The number of amides is 2. The highest BCUT2D eigenvalue weighted by Crippen LogP contribution is 2.24. The maximum Gasteiger partial charge on any atom is 0.405 e. The number of rotatable bonds is 5. The Kier molecular flexibility index (Phi) is 5.92. The molecule has 0 saturated carbocycles. The molecule has 2 amide bonds. The van der Waals surface area contributed by atoms with Crippen molar-refractivity contribution in [1.82, 2.24) is 10.6 Å². The number of hydrogen-bond acceptors (Lipinski definition) is 2. The molecule has 1 atom stereocenters. The molecule has 0 fully saturated rings. The molecular formula is C11H21F3N2O2. The number of alkyl halides is 3. The van der Waals surface area contributed by atoms with Gasteiger partial charge in [-0.05, 0) is 5.92 Å². The zero-order valence-corrected chi connectivity index (χ0v) is 11.1. The van der Waals surface area contributed by atoms with Gasteiger partial charge in [0, 0.05) is 12.0 Å². The summed E-state index contributed by atoms with van der Waals surface area (Å²) in [6.45, 7) is 5.86. The lowest BCUT2D eigenvalue weighted by Crippen LogP contribution is -2.47. The lowest BCUT2D eigenvalue weighted by molar-refractivity contribution is -0.122. The quantitative estimate of drug-likeness (QED) is 0.714. The first-order valence-corrected chi connectivity index (χ1v) is 5.72. The molecule has 0 aromatic carbocycles. The summed E-state index contributed by atoms with van der Waals surface area (Å²) in [5, 5.41) is 13.9. The van der Waals surface area contributed by atoms with Gasteiger partial charge in [-0.2, -0.15) is 13.2 Å². The number of halogens is 3. The van der Waals surface area contributed by atoms with Crippen LogP contribution in [0.5, 0.6) is 0 Å². The third kappa shape index (κ3) is 6.68. The topological polar surface area (TPSA) is 61.4 Å². The molecule has 3 N–H and O–H groups in total. The van der Waals surface area contributed by atoms with E-state index in [2.05, 4.69) is 5.32 Å². The van der Waals surface area contributed by atoms with Crippen molar-refractivity contribution in [2.24, 2.45) is 11.3 Å². The number of hydrogen-bond donors (Lipinski definition) is 3. The van der Waals surface area contributed by atoms with Crippen molar-refractivity contribution in [3.8, 4) is 0 Å². The lowest BCUT2D eigenvalue weighted by atomic mass is 9.81.